The first-order valence-electron chi connectivity index (χ1n) is 5.33. The van der Waals surface area contributed by atoms with E-state index < -0.39 is 5.97 Å². The Kier molecular flexibility index (Phi) is 1.92. The van der Waals surface area contributed by atoms with Gasteiger partial charge in [0.15, 0.2) is 5.65 Å². The number of carbonyl (C=O) groups is 1. The van der Waals surface area contributed by atoms with E-state index in [1.807, 2.05) is 0 Å². The molecule has 2 heterocycles. The molecule has 0 spiro atoms. The van der Waals surface area contributed by atoms with Crippen LogP contribution in [0.4, 0.5) is 0 Å². The molecule has 1 aliphatic rings. The minimum Gasteiger partial charge on any atom is -0.475 e. The monoisotopic (exact) mass is 217 g/mol. The standard InChI is InChI=1S/C11H11N3O2/c15-11(16)10-13-8-5-2-6-12-9(8)14(10)7-3-1-4-7/h2,5-7H,1,3-4H2,(H,15,16). The molecule has 0 aromatic carbocycles. The molecule has 0 bridgehead atoms. The highest BCUT2D eigenvalue weighted by atomic mass is 16.4. The second-order valence-electron chi connectivity index (χ2n) is 4.04. The molecule has 1 aliphatic carbocycles. The number of rotatable bonds is 2. The van der Waals surface area contributed by atoms with E-state index in [1.54, 1.807) is 22.9 Å². The van der Waals surface area contributed by atoms with Gasteiger partial charge in [-0.05, 0) is 31.4 Å². The lowest BCUT2D eigenvalue weighted by atomic mass is 9.93. The third-order valence-electron chi connectivity index (χ3n) is 3.08. The topological polar surface area (TPSA) is 68.0 Å². The molecule has 1 N–H and O–H groups in total. The first kappa shape index (κ1) is 9.33. The van der Waals surface area contributed by atoms with Crippen LogP contribution in [-0.2, 0) is 0 Å². The first-order valence-corrected chi connectivity index (χ1v) is 5.33. The molecule has 1 fully saturated rings. The second kappa shape index (κ2) is 3.30. The highest BCUT2D eigenvalue weighted by molar-refractivity contribution is 5.88. The Labute approximate surface area is 91.7 Å². The molecule has 0 atom stereocenters. The van der Waals surface area contributed by atoms with Crippen molar-refractivity contribution in [3.05, 3.63) is 24.2 Å². The molecule has 16 heavy (non-hydrogen) atoms. The summed E-state index contributed by atoms with van der Waals surface area (Å²) >= 11 is 0. The van der Waals surface area contributed by atoms with Gasteiger partial charge in [-0.2, -0.15) is 0 Å². The van der Waals surface area contributed by atoms with Gasteiger partial charge < -0.3 is 5.11 Å². The Hall–Kier alpha value is -1.91. The maximum Gasteiger partial charge on any atom is 0.372 e. The van der Waals surface area contributed by atoms with Crippen molar-refractivity contribution in [2.24, 2.45) is 0 Å². The number of pyridine rings is 1. The SMILES string of the molecule is O=C(O)c1nc2cccnc2n1C1CCC1. The molecule has 1 saturated carbocycles. The van der Waals surface area contributed by atoms with Gasteiger partial charge in [-0.3, -0.25) is 4.57 Å². The fraction of sp³-hybridized carbons (Fsp3) is 0.364. The molecule has 0 saturated heterocycles. The molecule has 0 amide bonds. The van der Waals surface area contributed by atoms with E-state index in [1.165, 1.54) is 0 Å². The lowest BCUT2D eigenvalue weighted by molar-refractivity contribution is 0.0672. The minimum absolute atomic E-state index is 0.110. The number of imidazole rings is 1. The maximum atomic E-state index is 11.1. The summed E-state index contributed by atoms with van der Waals surface area (Å²) < 4.78 is 1.77. The minimum atomic E-state index is -0.982. The zero-order valence-electron chi connectivity index (χ0n) is 8.63. The van der Waals surface area contributed by atoms with Crippen LogP contribution in [0.25, 0.3) is 11.2 Å². The number of carboxylic acids is 1. The van der Waals surface area contributed by atoms with Gasteiger partial charge in [0.1, 0.15) is 5.52 Å². The van der Waals surface area contributed by atoms with Gasteiger partial charge in [-0.15, -0.1) is 0 Å². The van der Waals surface area contributed by atoms with E-state index in [2.05, 4.69) is 9.97 Å². The molecule has 82 valence electrons. The van der Waals surface area contributed by atoms with E-state index in [0.717, 1.165) is 19.3 Å². The molecular formula is C11H11N3O2. The van der Waals surface area contributed by atoms with Crippen LogP contribution in [0.3, 0.4) is 0 Å². The van der Waals surface area contributed by atoms with Gasteiger partial charge >= 0.3 is 5.97 Å². The number of hydrogen-bond acceptors (Lipinski definition) is 3. The van der Waals surface area contributed by atoms with Crippen LogP contribution in [-0.4, -0.2) is 25.6 Å². The molecule has 2 aromatic heterocycles. The molecule has 0 radical (unpaired) electrons. The smallest absolute Gasteiger partial charge is 0.372 e. The predicted octanol–water partition coefficient (Wildman–Crippen LogP) is 1.85. The number of aromatic carboxylic acids is 1. The van der Waals surface area contributed by atoms with Gasteiger partial charge in [0.25, 0.3) is 0 Å². The number of nitrogens with zero attached hydrogens (tertiary/aromatic N) is 3. The van der Waals surface area contributed by atoms with Crippen LogP contribution in [0.5, 0.6) is 0 Å². The summed E-state index contributed by atoms with van der Waals surface area (Å²) in [4.78, 5) is 19.5. The van der Waals surface area contributed by atoms with E-state index in [4.69, 9.17) is 5.11 Å². The summed E-state index contributed by atoms with van der Waals surface area (Å²) in [7, 11) is 0. The maximum absolute atomic E-state index is 11.1. The van der Waals surface area contributed by atoms with Crippen molar-refractivity contribution in [3.63, 3.8) is 0 Å². The molecule has 2 aromatic rings. The Morgan fingerprint density at radius 1 is 1.50 bits per heavy atom. The van der Waals surface area contributed by atoms with Crippen molar-refractivity contribution in [1.82, 2.24) is 14.5 Å². The highest BCUT2D eigenvalue weighted by Gasteiger charge is 2.27. The first-order chi connectivity index (χ1) is 7.77. The van der Waals surface area contributed by atoms with E-state index in [0.29, 0.717) is 11.2 Å². The van der Waals surface area contributed by atoms with Crippen LogP contribution in [0, 0.1) is 0 Å². The quantitative estimate of drug-likeness (QED) is 0.833. The average molecular weight is 217 g/mol. The summed E-state index contributed by atoms with van der Waals surface area (Å²) in [5, 5.41) is 9.12. The van der Waals surface area contributed by atoms with Crippen molar-refractivity contribution in [3.8, 4) is 0 Å². The zero-order chi connectivity index (χ0) is 11.1. The largest absolute Gasteiger partial charge is 0.475 e. The normalized spacial score (nSPS) is 16.2. The van der Waals surface area contributed by atoms with Crippen LogP contribution < -0.4 is 0 Å². The van der Waals surface area contributed by atoms with Crippen molar-refractivity contribution >= 4 is 17.1 Å². The fourth-order valence-electron chi connectivity index (χ4n) is 2.07. The highest BCUT2D eigenvalue weighted by Crippen LogP contribution is 2.34. The van der Waals surface area contributed by atoms with Crippen LogP contribution in [0.15, 0.2) is 18.3 Å². The molecule has 0 aliphatic heterocycles. The third-order valence-corrected chi connectivity index (χ3v) is 3.08. The van der Waals surface area contributed by atoms with Gasteiger partial charge in [0.2, 0.25) is 5.82 Å². The number of aromatic nitrogens is 3. The molecule has 5 heteroatoms. The Morgan fingerprint density at radius 3 is 2.94 bits per heavy atom. The predicted molar refractivity (Wildman–Crippen MR) is 57.4 cm³/mol. The van der Waals surface area contributed by atoms with Crippen LogP contribution >= 0.6 is 0 Å². The van der Waals surface area contributed by atoms with Crippen molar-refractivity contribution < 1.29 is 9.90 Å². The summed E-state index contributed by atoms with van der Waals surface area (Å²) in [6.45, 7) is 0. The zero-order valence-corrected chi connectivity index (χ0v) is 8.63. The molecule has 0 unspecified atom stereocenters. The van der Waals surface area contributed by atoms with Crippen molar-refractivity contribution in [1.29, 1.82) is 0 Å². The third kappa shape index (κ3) is 1.21. The number of fused-ring (bicyclic) bond motifs is 1. The van der Waals surface area contributed by atoms with E-state index >= 15 is 0 Å². The number of hydrogen-bond donors (Lipinski definition) is 1. The summed E-state index contributed by atoms with van der Waals surface area (Å²) in [5.74, 6) is -0.872. The lowest BCUT2D eigenvalue weighted by Crippen LogP contribution is -2.21. The average Bonchev–Trinajstić information content (AvgIpc) is 2.56. The summed E-state index contributed by atoms with van der Waals surface area (Å²) in [6.07, 6.45) is 4.85. The lowest BCUT2D eigenvalue weighted by Gasteiger charge is -2.27. The van der Waals surface area contributed by atoms with Crippen molar-refractivity contribution in [2.45, 2.75) is 25.3 Å². The second-order valence-corrected chi connectivity index (χ2v) is 4.04. The molecular weight excluding hydrogens is 206 g/mol. The van der Waals surface area contributed by atoms with Gasteiger partial charge in [0, 0.05) is 12.2 Å². The fourth-order valence-corrected chi connectivity index (χ4v) is 2.07. The Morgan fingerprint density at radius 2 is 2.31 bits per heavy atom. The van der Waals surface area contributed by atoms with Crippen LogP contribution in [0.1, 0.15) is 35.9 Å². The van der Waals surface area contributed by atoms with Gasteiger partial charge in [0.05, 0.1) is 0 Å². The van der Waals surface area contributed by atoms with E-state index in [-0.39, 0.29) is 11.9 Å². The van der Waals surface area contributed by atoms with E-state index in [9.17, 15) is 4.79 Å². The Bertz CT molecular complexity index is 557. The molecule has 5 nitrogen and oxygen atoms in total. The summed E-state index contributed by atoms with van der Waals surface area (Å²) in [5.41, 5.74) is 1.34. The summed E-state index contributed by atoms with van der Waals surface area (Å²) in [6, 6.07) is 3.82. The van der Waals surface area contributed by atoms with Crippen LogP contribution in [0.2, 0.25) is 0 Å². The van der Waals surface area contributed by atoms with Gasteiger partial charge in [-0.1, -0.05) is 0 Å². The Balaban J connectivity index is 2.26. The van der Waals surface area contributed by atoms with Crippen molar-refractivity contribution in [2.75, 3.05) is 0 Å². The van der Waals surface area contributed by atoms with Gasteiger partial charge in [-0.25, -0.2) is 14.8 Å². The number of carboxylic acid groups (broad SMARTS) is 1. The molecule has 3 rings (SSSR count).